The first-order valence-electron chi connectivity index (χ1n) is 5.87. The van der Waals surface area contributed by atoms with Crippen molar-refractivity contribution in [1.29, 1.82) is 0 Å². The van der Waals surface area contributed by atoms with Gasteiger partial charge >= 0.3 is 0 Å². The number of carbonyl (C=O) groups is 1. The van der Waals surface area contributed by atoms with E-state index in [1.807, 2.05) is 7.05 Å². The maximum absolute atomic E-state index is 12.1. The van der Waals surface area contributed by atoms with Crippen LogP contribution in [0.4, 0.5) is 0 Å². The fourth-order valence-corrected chi connectivity index (χ4v) is 2.60. The molecule has 1 aliphatic rings. The molecule has 2 heterocycles. The standard InChI is InChI=1S/C12H17BrN2O2/c1-15(8-9-2-5-14-6-3-9)12(16)10-4-7-17-11(10)13/h4,7,9,14H,2-3,5-6,8H2,1H3. The van der Waals surface area contributed by atoms with Gasteiger partial charge in [0.15, 0.2) is 4.67 Å². The quantitative estimate of drug-likeness (QED) is 0.930. The third-order valence-electron chi connectivity index (χ3n) is 3.19. The van der Waals surface area contributed by atoms with Gasteiger partial charge in [-0.2, -0.15) is 0 Å². The molecular formula is C12H17BrN2O2. The normalized spacial score (nSPS) is 17.1. The van der Waals surface area contributed by atoms with Gasteiger partial charge in [0.2, 0.25) is 0 Å². The van der Waals surface area contributed by atoms with Crippen molar-refractivity contribution >= 4 is 21.8 Å². The van der Waals surface area contributed by atoms with E-state index in [1.165, 1.54) is 6.26 Å². The lowest BCUT2D eigenvalue weighted by atomic mass is 9.97. The van der Waals surface area contributed by atoms with Crippen molar-refractivity contribution in [2.45, 2.75) is 12.8 Å². The predicted molar refractivity (Wildman–Crippen MR) is 69.0 cm³/mol. The molecule has 1 amide bonds. The minimum absolute atomic E-state index is 0.0177. The predicted octanol–water partition coefficient (Wildman–Crippen LogP) is 2.11. The SMILES string of the molecule is CN(CC1CCNCC1)C(=O)c1ccoc1Br. The molecule has 0 aliphatic carbocycles. The van der Waals surface area contributed by atoms with Gasteiger partial charge in [-0.05, 0) is 53.8 Å². The first-order chi connectivity index (χ1) is 8.18. The van der Waals surface area contributed by atoms with Gasteiger partial charge < -0.3 is 14.6 Å². The number of nitrogens with zero attached hydrogens (tertiary/aromatic N) is 1. The van der Waals surface area contributed by atoms with E-state index < -0.39 is 0 Å². The molecule has 0 unspecified atom stereocenters. The average molecular weight is 301 g/mol. The highest BCUT2D eigenvalue weighted by Gasteiger charge is 2.21. The number of halogens is 1. The van der Waals surface area contributed by atoms with Gasteiger partial charge in [0.25, 0.3) is 5.91 Å². The minimum atomic E-state index is 0.0177. The van der Waals surface area contributed by atoms with Crippen molar-refractivity contribution in [2.24, 2.45) is 5.92 Å². The molecule has 1 aromatic heterocycles. The number of furan rings is 1. The Morgan fingerprint density at radius 1 is 1.59 bits per heavy atom. The summed E-state index contributed by atoms with van der Waals surface area (Å²) in [5.41, 5.74) is 0.599. The van der Waals surface area contributed by atoms with E-state index in [0.29, 0.717) is 16.2 Å². The fraction of sp³-hybridized carbons (Fsp3) is 0.583. The Balaban J connectivity index is 1.93. The van der Waals surface area contributed by atoms with Crippen LogP contribution in [0.3, 0.4) is 0 Å². The second-order valence-corrected chi connectivity index (χ2v) is 5.21. The molecule has 1 aromatic rings. The number of hydrogen-bond acceptors (Lipinski definition) is 3. The number of piperidine rings is 1. The van der Waals surface area contributed by atoms with Gasteiger partial charge in [0.1, 0.15) is 0 Å². The number of nitrogens with one attached hydrogen (secondary N) is 1. The van der Waals surface area contributed by atoms with Crippen LogP contribution in [0.15, 0.2) is 21.4 Å². The molecule has 2 rings (SSSR count). The lowest BCUT2D eigenvalue weighted by Crippen LogP contribution is -2.37. The number of rotatable bonds is 3. The Hall–Kier alpha value is -0.810. The van der Waals surface area contributed by atoms with E-state index in [2.05, 4.69) is 21.2 Å². The van der Waals surface area contributed by atoms with Gasteiger partial charge in [-0.3, -0.25) is 4.79 Å². The summed E-state index contributed by atoms with van der Waals surface area (Å²) in [7, 11) is 1.85. The molecule has 0 bridgehead atoms. The molecule has 0 aromatic carbocycles. The van der Waals surface area contributed by atoms with E-state index in [4.69, 9.17) is 4.42 Å². The Morgan fingerprint density at radius 3 is 2.88 bits per heavy atom. The van der Waals surface area contributed by atoms with Crippen LogP contribution >= 0.6 is 15.9 Å². The fourth-order valence-electron chi connectivity index (χ4n) is 2.19. The third-order valence-corrected chi connectivity index (χ3v) is 3.80. The van der Waals surface area contributed by atoms with Crippen molar-refractivity contribution < 1.29 is 9.21 Å². The summed E-state index contributed by atoms with van der Waals surface area (Å²) in [6.07, 6.45) is 3.81. The highest BCUT2D eigenvalue weighted by Crippen LogP contribution is 2.20. The number of hydrogen-bond donors (Lipinski definition) is 1. The molecule has 1 saturated heterocycles. The monoisotopic (exact) mass is 300 g/mol. The van der Waals surface area contributed by atoms with Crippen molar-refractivity contribution in [3.05, 3.63) is 22.6 Å². The average Bonchev–Trinajstić information content (AvgIpc) is 2.76. The van der Waals surface area contributed by atoms with Crippen molar-refractivity contribution in [3.8, 4) is 0 Å². The summed E-state index contributed by atoms with van der Waals surface area (Å²) in [4.78, 5) is 13.9. The highest BCUT2D eigenvalue weighted by molar-refractivity contribution is 9.10. The van der Waals surface area contributed by atoms with Crippen molar-refractivity contribution in [3.63, 3.8) is 0 Å². The number of amides is 1. The Bertz CT molecular complexity index is 386. The lowest BCUT2D eigenvalue weighted by Gasteiger charge is -2.27. The van der Waals surface area contributed by atoms with E-state index in [9.17, 15) is 4.79 Å². The minimum Gasteiger partial charge on any atom is -0.457 e. The Labute approximate surface area is 109 Å². The van der Waals surface area contributed by atoms with E-state index in [0.717, 1.165) is 32.5 Å². The van der Waals surface area contributed by atoms with Gasteiger partial charge in [-0.1, -0.05) is 0 Å². The van der Waals surface area contributed by atoms with Crippen LogP contribution in [-0.2, 0) is 0 Å². The molecule has 4 nitrogen and oxygen atoms in total. The molecule has 0 saturated carbocycles. The van der Waals surface area contributed by atoms with Crippen LogP contribution in [0.25, 0.3) is 0 Å². The van der Waals surface area contributed by atoms with E-state index >= 15 is 0 Å². The van der Waals surface area contributed by atoms with Gasteiger partial charge in [0, 0.05) is 13.6 Å². The van der Waals surface area contributed by atoms with Crippen LogP contribution in [0, 0.1) is 5.92 Å². The van der Waals surface area contributed by atoms with Crippen LogP contribution in [0.5, 0.6) is 0 Å². The summed E-state index contributed by atoms with van der Waals surface area (Å²) >= 11 is 3.24. The summed E-state index contributed by atoms with van der Waals surface area (Å²) in [6, 6.07) is 1.70. The van der Waals surface area contributed by atoms with Gasteiger partial charge in [-0.25, -0.2) is 0 Å². The molecule has 17 heavy (non-hydrogen) atoms. The van der Waals surface area contributed by atoms with Crippen LogP contribution in [0.2, 0.25) is 0 Å². The maximum atomic E-state index is 12.1. The molecule has 94 valence electrons. The van der Waals surface area contributed by atoms with Crippen LogP contribution in [-0.4, -0.2) is 37.5 Å². The van der Waals surface area contributed by atoms with E-state index in [-0.39, 0.29) is 5.91 Å². The van der Waals surface area contributed by atoms with Crippen molar-refractivity contribution in [2.75, 3.05) is 26.7 Å². The largest absolute Gasteiger partial charge is 0.457 e. The third kappa shape index (κ3) is 3.10. The van der Waals surface area contributed by atoms with Gasteiger partial charge in [0.05, 0.1) is 11.8 Å². The topological polar surface area (TPSA) is 45.5 Å². The molecule has 0 atom stereocenters. The lowest BCUT2D eigenvalue weighted by molar-refractivity contribution is 0.0761. The summed E-state index contributed by atoms with van der Waals surface area (Å²) in [6.45, 7) is 2.93. The smallest absolute Gasteiger partial charge is 0.258 e. The molecular weight excluding hydrogens is 284 g/mol. The van der Waals surface area contributed by atoms with Crippen molar-refractivity contribution in [1.82, 2.24) is 10.2 Å². The zero-order chi connectivity index (χ0) is 12.3. The number of carbonyl (C=O) groups excluding carboxylic acids is 1. The summed E-state index contributed by atoms with van der Waals surface area (Å²) in [5, 5.41) is 3.33. The molecule has 1 N–H and O–H groups in total. The van der Waals surface area contributed by atoms with E-state index in [1.54, 1.807) is 11.0 Å². The molecule has 0 spiro atoms. The summed E-state index contributed by atoms with van der Waals surface area (Å²) < 4.78 is 5.60. The first-order valence-corrected chi connectivity index (χ1v) is 6.67. The second kappa shape index (κ2) is 5.69. The molecule has 1 fully saturated rings. The highest BCUT2D eigenvalue weighted by atomic mass is 79.9. The maximum Gasteiger partial charge on any atom is 0.258 e. The zero-order valence-electron chi connectivity index (χ0n) is 9.91. The zero-order valence-corrected chi connectivity index (χ0v) is 11.5. The molecule has 0 radical (unpaired) electrons. The molecule has 5 heteroatoms. The van der Waals surface area contributed by atoms with Crippen LogP contribution < -0.4 is 5.32 Å². The summed E-state index contributed by atoms with van der Waals surface area (Å²) in [5.74, 6) is 0.625. The Kier molecular flexibility index (Phi) is 4.23. The van der Waals surface area contributed by atoms with Gasteiger partial charge in [-0.15, -0.1) is 0 Å². The first kappa shape index (κ1) is 12.6. The second-order valence-electron chi connectivity index (χ2n) is 4.49. The molecule has 1 aliphatic heterocycles. The Morgan fingerprint density at radius 2 is 2.29 bits per heavy atom. The van der Waals surface area contributed by atoms with Crippen LogP contribution in [0.1, 0.15) is 23.2 Å².